The van der Waals surface area contributed by atoms with Crippen LogP contribution in [-0.2, 0) is 16.2 Å². The van der Waals surface area contributed by atoms with Crippen LogP contribution in [0.25, 0.3) is 0 Å². The van der Waals surface area contributed by atoms with E-state index >= 15 is 0 Å². The van der Waals surface area contributed by atoms with Crippen LogP contribution < -0.4 is 15.5 Å². The van der Waals surface area contributed by atoms with Crippen molar-refractivity contribution in [2.75, 3.05) is 12.4 Å². The number of hydroxylamine groups is 1. The van der Waals surface area contributed by atoms with Gasteiger partial charge in [-0.2, -0.15) is 15.6 Å². The molecular formula is C13H16N6O3. The van der Waals surface area contributed by atoms with E-state index in [1.807, 2.05) is 24.3 Å². The Morgan fingerprint density at radius 1 is 1.41 bits per heavy atom. The Kier molecular flexibility index (Phi) is 5.30. The van der Waals surface area contributed by atoms with Crippen molar-refractivity contribution in [3.8, 4) is 5.75 Å². The summed E-state index contributed by atoms with van der Waals surface area (Å²) >= 11 is 0. The third-order valence-electron chi connectivity index (χ3n) is 2.54. The molecule has 22 heavy (non-hydrogen) atoms. The zero-order valence-corrected chi connectivity index (χ0v) is 12.2. The third-order valence-corrected chi connectivity index (χ3v) is 2.54. The number of nitrogens with zero attached hydrogens (tertiary/aromatic N) is 3. The Morgan fingerprint density at radius 3 is 2.91 bits per heavy atom. The number of hydrogen-bond donors (Lipinski definition) is 3. The highest BCUT2D eigenvalue weighted by molar-refractivity contribution is 5.91. The molecule has 0 radical (unpaired) electrons. The number of carbonyl (C=O) groups excluding carboxylic acids is 1. The Morgan fingerprint density at radius 2 is 2.23 bits per heavy atom. The summed E-state index contributed by atoms with van der Waals surface area (Å²) < 4.78 is 5.26. The maximum absolute atomic E-state index is 10.9. The van der Waals surface area contributed by atoms with Crippen molar-refractivity contribution >= 4 is 17.9 Å². The monoisotopic (exact) mass is 304 g/mol. The highest BCUT2D eigenvalue weighted by Crippen LogP contribution is 2.17. The Hall–Kier alpha value is -3.10. The minimum atomic E-state index is -0.496. The normalized spacial score (nSPS) is 10.9. The second kappa shape index (κ2) is 7.62. The van der Waals surface area contributed by atoms with E-state index in [-0.39, 0.29) is 5.96 Å². The molecule has 9 heteroatoms. The van der Waals surface area contributed by atoms with Gasteiger partial charge in [-0.1, -0.05) is 18.2 Å². The molecule has 0 saturated carbocycles. The number of hydrogen-bond acceptors (Lipinski definition) is 6. The molecule has 2 rings (SSSR count). The average Bonchev–Trinajstić information content (AvgIpc) is 3.03. The number of H-pyrrole nitrogens is 1. The zero-order valence-electron chi connectivity index (χ0n) is 12.2. The van der Waals surface area contributed by atoms with Gasteiger partial charge in [0.15, 0.2) is 0 Å². The first-order valence-electron chi connectivity index (χ1n) is 6.41. The standard InChI is InChI=1S/C13H16N6O3/c1-9(20)22-19-13(17-12-15-8-16-18-12)14-7-10-5-3-4-6-11(10)21-2/h3-6,8H,7H2,1-2H3,(H3,14,15,16,17,18,19). The molecule has 1 aromatic heterocycles. The van der Waals surface area contributed by atoms with Crippen molar-refractivity contribution in [2.45, 2.75) is 13.5 Å². The average molecular weight is 304 g/mol. The van der Waals surface area contributed by atoms with Gasteiger partial charge in [-0.15, -0.1) is 0 Å². The number of ether oxygens (including phenoxy) is 1. The van der Waals surface area contributed by atoms with Crippen LogP contribution in [-0.4, -0.2) is 34.2 Å². The van der Waals surface area contributed by atoms with Crippen molar-refractivity contribution in [3.63, 3.8) is 0 Å². The van der Waals surface area contributed by atoms with E-state index in [2.05, 4.69) is 31.0 Å². The lowest BCUT2D eigenvalue weighted by Crippen LogP contribution is -2.33. The van der Waals surface area contributed by atoms with Gasteiger partial charge in [-0.3, -0.25) is 10.1 Å². The van der Waals surface area contributed by atoms with E-state index in [1.165, 1.54) is 13.3 Å². The maximum atomic E-state index is 10.9. The van der Waals surface area contributed by atoms with E-state index in [0.717, 1.165) is 11.3 Å². The largest absolute Gasteiger partial charge is 0.496 e. The molecule has 0 spiro atoms. The first-order chi connectivity index (χ1) is 10.7. The van der Waals surface area contributed by atoms with Crippen LogP contribution in [0.1, 0.15) is 12.5 Å². The number of methoxy groups -OCH3 is 1. The first-order valence-corrected chi connectivity index (χ1v) is 6.41. The van der Waals surface area contributed by atoms with Crippen molar-refractivity contribution in [3.05, 3.63) is 36.2 Å². The molecule has 1 aromatic carbocycles. The van der Waals surface area contributed by atoms with Gasteiger partial charge in [0.05, 0.1) is 13.7 Å². The number of aliphatic imine (C=N–C) groups is 1. The van der Waals surface area contributed by atoms with Gasteiger partial charge in [-0.05, 0) is 6.07 Å². The Bertz CT molecular complexity index is 641. The lowest BCUT2D eigenvalue weighted by atomic mass is 10.2. The van der Waals surface area contributed by atoms with E-state index in [9.17, 15) is 4.79 Å². The van der Waals surface area contributed by atoms with Gasteiger partial charge >= 0.3 is 5.97 Å². The van der Waals surface area contributed by atoms with E-state index in [4.69, 9.17) is 9.57 Å². The second-order valence-electron chi connectivity index (χ2n) is 4.13. The van der Waals surface area contributed by atoms with E-state index < -0.39 is 5.97 Å². The molecule has 0 amide bonds. The van der Waals surface area contributed by atoms with E-state index in [1.54, 1.807) is 7.11 Å². The second-order valence-corrected chi connectivity index (χ2v) is 4.13. The Balaban J connectivity index is 2.10. The molecule has 1 heterocycles. The van der Waals surface area contributed by atoms with Crippen LogP contribution in [0.15, 0.2) is 35.6 Å². The lowest BCUT2D eigenvalue weighted by molar-refractivity contribution is -0.145. The molecule has 9 nitrogen and oxygen atoms in total. The van der Waals surface area contributed by atoms with Gasteiger partial charge in [0.1, 0.15) is 12.1 Å². The number of aromatic nitrogens is 3. The number of rotatable bonds is 4. The van der Waals surface area contributed by atoms with Crippen molar-refractivity contribution in [2.24, 2.45) is 4.99 Å². The fraction of sp³-hybridized carbons (Fsp3) is 0.231. The van der Waals surface area contributed by atoms with E-state index in [0.29, 0.717) is 12.5 Å². The molecule has 0 aliphatic rings. The molecule has 3 N–H and O–H groups in total. The molecule has 0 saturated heterocycles. The number of para-hydroxylation sites is 1. The smallest absolute Gasteiger partial charge is 0.329 e. The predicted octanol–water partition coefficient (Wildman–Crippen LogP) is 0.849. The van der Waals surface area contributed by atoms with Crippen molar-refractivity contribution in [1.29, 1.82) is 0 Å². The van der Waals surface area contributed by atoms with Crippen molar-refractivity contribution < 1.29 is 14.4 Å². The molecule has 0 unspecified atom stereocenters. The molecule has 0 bridgehead atoms. The van der Waals surface area contributed by atoms with Gasteiger partial charge < -0.3 is 9.57 Å². The summed E-state index contributed by atoms with van der Waals surface area (Å²) in [5.41, 5.74) is 3.31. The summed E-state index contributed by atoms with van der Waals surface area (Å²) in [6, 6.07) is 7.49. The fourth-order valence-corrected chi connectivity index (χ4v) is 1.59. The van der Waals surface area contributed by atoms with Crippen molar-refractivity contribution in [1.82, 2.24) is 20.7 Å². The molecule has 2 aromatic rings. The highest BCUT2D eigenvalue weighted by atomic mass is 16.7. The Labute approximate surface area is 126 Å². The topological polar surface area (TPSA) is 114 Å². The number of guanidine groups is 1. The molecule has 0 aliphatic heterocycles. The predicted molar refractivity (Wildman–Crippen MR) is 79.0 cm³/mol. The van der Waals surface area contributed by atoms with Crippen LogP contribution in [0.5, 0.6) is 5.75 Å². The number of benzene rings is 1. The maximum Gasteiger partial charge on any atom is 0.329 e. The van der Waals surface area contributed by atoms with Crippen LogP contribution in [0.3, 0.4) is 0 Å². The summed E-state index contributed by atoms with van der Waals surface area (Å²) in [5.74, 6) is 0.790. The summed E-state index contributed by atoms with van der Waals surface area (Å²) in [7, 11) is 1.59. The van der Waals surface area contributed by atoms with Crippen LogP contribution >= 0.6 is 0 Å². The highest BCUT2D eigenvalue weighted by Gasteiger charge is 2.06. The number of anilines is 1. The number of aromatic amines is 1. The zero-order chi connectivity index (χ0) is 15.8. The summed E-state index contributed by atoms with van der Waals surface area (Å²) in [6.45, 7) is 1.59. The quantitative estimate of drug-likeness (QED) is 0.436. The number of carbonyl (C=O) groups is 1. The van der Waals surface area contributed by atoms with Gasteiger partial charge in [0.25, 0.3) is 0 Å². The van der Waals surface area contributed by atoms with Crippen LogP contribution in [0.2, 0.25) is 0 Å². The third kappa shape index (κ3) is 4.47. The van der Waals surface area contributed by atoms with Crippen LogP contribution in [0, 0.1) is 0 Å². The molecule has 0 aliphatic carbocycles. The fourth-order valence-electron chi connectivity index (χ4n) is 1.59. The molecule has 0 atom stereocenters. The van der Waals surface area contributed by atoms with Gasteiger partial charge in [0.2, 0.25) is 11.9 Å². The summed E-state index contributed by atoms with van der Waals surface area (Å²) in [4.78, 5) is 23.8. The molecule has 116 valence electrons. The minimum absolute atomic E-state index is 0.206. The van der Waals surface area contributed by atoms with Gasteiger partial charge in [-0.25, -0.2) is 10.1 Å². The van der Waals surface area contributed by atoms with Crippen LogP contribution in [0.4, 0.5) is 5.95 Å². The minimum Gasteiger partial charge on any atom is -0.496 e. The first kappa shape index (κ1) is 15.3. The summed E-state index contributed by atoms with van der Waals surface area (Å²) in [5, 5.41) is 9.14. The molecular weight excluding hydrogens is 288 g/mol. The molecule has 0 fully saturated rings. The SMILES string of the molecule is COc1ccccc1CN=C(NOC(C)=O)Nc1ncn[nH]1. The number of nitrogens with one attached hydrogen (secondary N) is 3. The lowest BCUT2D eigenvalue weighted by Gasteiger charge is -2.10. The summed E-state index contributed by atoms with van der Waals surface area (Å²) in [6.07, 6.45) is 1.34. The van der Waals surface area contributed by atoms with Gasteiger partial charge in [0, 0.05) is 12.5 Å².